The number of carboxylic acid groups (broad SMARTS) is 2. The number of carboxylic acids is 2. The molecule has 2 aromatic carbocycles. The number of hydrogen-bond acceptors (Lipinski definition) is 10. The summed E-state index contributed by atoms with van der Waals surface area (Å²) in [5.74, 6) is -1.14. The Bertz CT molecular complexity index is 2100. The zero-order chi connectivity index (χ0) is 56.7. The third-order valence-corrected chi connectivity index (χ3v) is 13.8. The minimum atomic E-state index is -0.664. The number of amides is 1. The molecule has 1 amide bonds. The molecule has 78 heavy (non-hydrogen) atoms. The van der Waals surface area contributed by atoms with Crippen molar-refractivity contribution in [1.29, 1.82) is 0 Å². The molecule has 1 aromatic heterocycles. The van der Waals surface area contributed by atoms with Gasteiger partial charge in [0.05, 0.1) is 29.4 Å². The molecule has 0 spiro atoms. The van der Waals surface area contributed by atoms with Gasteiger partial charge in [-0.25, -0.2) is 14.4 Å². The van der Waals surface area contributed by atoms with Crippen LogP contribution < -0.4 is 15.4 Å². The third kappa shape index (κ3) is 35.6. The predicted octanol–water partition coefficient (Wildman–Crippen LogP) is 17.0. The van der Waals surface area contributed by atoms with Gasteiger partial charge in [0.25, 0.3) is 0 Å². The fourth-order valence-electron chi connectivity index (χ4n) is 8.82. The summed E-state index contributed by atoms with van der Waals surface area (Å²) in [5.41, 5.74) is 2.73. The number of rotatable bonds is 41. The molecular weight excluding hydrogens is 1010 g/mol. The highest BCUT2D eigenvalue weighted by molar-refractivity contribution is 6.31. The Morgan fingerprint density at radius 2 is 1.15 bits per heavy atom. The van der Waals surface area contributed by atoms with Crippen LogP contribution in [0.1, 0.15) is 206 Å². The van der Waals surface area contributed by atoms with E-state index in [2.05, 4.69) is 63.7 Å². The summed E-state index contributed by atoms with van der Waals surface area (Å²) in [6.07, 6.45) is 47.2. The second-order valence-corrected chi connectivity index (χ2v) is 20.7. The van der Waals surface area contributed by atoms with E-state index in [1.165, 1.54) is 160 Å². The number of aliphatic carboxylic acids is 2. The van der Waals surface area contributed by atoms with Gasteiger partial charge in [0.1, 0.15) is 30.3 Å². The number of methoxy groups -OCH3 is 2. The van der Waals surface area contributed by atoms with Crippen LogP contribution in [0.5, 0.6) is 5.75 Å². The number of ether oxygens (including phenoxy) is 3. The molecule has 4 N–H and O–H groups in total. The number of nitrogens with one attached hydrogen (secondary N) is 2. The van der Waals surface area contributed by atoms with Gasteiger partial charge in [-0.05, 0) is 101 Å². The van der Waals surface area contributed by atoms with Gasteiger partial charge in [-0.15, -0.1) is 0 Å². The molecule has 0 radical (unpaired) electrons. The van der Waals surface area contributed by atoms with Gasteiger partial charge in [0, 0.05) is 69.9 Å². The van der Waals surface area contributed by atoms with Crippen molar-refractivity contribution >= 4 is 57.5 Å². The van der Waals surface area contributed by atoms with E-state index in [1.807, 2.05) is 0 Å². The van der Waals surface area contributed by atoms with Crippen LogP contribution in [0.15, 0.2) is 72.6 Å². The first-order valence-electron chi connectivity index (χ1n) is 29.6. The normalized spacial score (nSPS) is 12.6. The van der Waals surface area contributed by atoms with Crippen LogP contribution in [0.3, 0.4) is 0 Å². The minimum absolute atomic E-state index is 0.00675. The number of benzene rings is 2. The Hall–Kier alpha value is -4.89. The highest BCUT2D eigenvalue weighted by Gasteiger charge is 2.17. The third-order valence-electron chi connectivity index (χ3n) is 13.5. The summed E-state index contributed by atoms with van der Waals surface area (Å²) < 4.78 is 29.8. The molecule has 0 atom stereocenters. The SMILES string of the molecule is CCCCCCCC/C=C\CCCCCCCC(=O)O.CCCCCCCC/C=C\CCCCCCCC(=O)O.COCCOc1cc2ncnc(Nc3ccc(F)c(Cl)c3)c2cc1NC(=O)C=C1CCN(CCOC)CC1. The molecule has 2 heterocycles. The lowest BCUT2D eigenvalue weighted by atomic mass is 10.0. The number of nitrogens with zero attached hydrogens (tertiary/aromatic N) is 3. The number of aromatic nitrogens is 2. The fraction of sp³-hybridized carbons (Fsp3) is 0.635. The van der Waals surface area contributed by atoms with Gasteiger partial charge in [-0.2, -0.15) is 0 Å². The van der Waals surface area contributed by atoms with Crippen molar-refractivity contribution in [2.45, 2.75) is 206 Å². The smallest absolute Gasteiger partial charge is 0.303 e. The second kappa shape index (κ2) is 47.0. The highest BCUT2D eigenvalue weighted by atomic mass is 35.5. The number of anilines is 3. The van der Waals surface area contributed by atoms with Crippen LogP contribution >= 0.6 is 11.6 Å². The Morgan fingerprint density at radius 1 is 0.654 bits per heavy atom. The molecule has 1 fully saturated rings. The molecule has 1 aliphatic heterocycles. The average molecular weight is 1110 g/mol. The fourth-order valence-corrected chi connectivity index (χ4v) is 9.00. The van der Waals surface area contributed by atoms with Crippen LogP contribution in [-0.4, -0.2) is 96.6 Å². The van der Waals surface area contributed by atoms with Crippen LogP contribution in [0.25, 0.3) is 10.9 Å². The maximum Gasteiger partial charge on any atom is 0.303 e. The van der Waals surface area contributed by atoms with E-state index in [1.54, 1.807) is 38.5 Å². The molecule has 1 aliphatic rings. The zero-order valence-electron chi connectivity index (χ0n) is 48.2. The second-order valence-electron chi connectivity index (χ2n) is 20.3. The minimum Gasteiger partial charge on any atom is -0.489 e. The summed E-state index contributed by atoms with van der Waals surface area (Å²) in [5, 5.41) is 23.8. The topological polar surface area (TPSA) is 172 Å². The number of fused-ring (bicyclic) bond motifs is 1. The standard InChI is InChI=1S/C27H31ClFN5O4.2C18H34O2/c1-36-10-9-34-7-5-18(6-8-34)13-26(35)33-24-15-20-23(16-25(24)38-12-11-37-2)30-17-31-27(20)32-19-3-4-22(29)21(28)14-19;2*1-2-3-4-5-6-7-8-9-10-11-12-13-14-15-16-17-18(19)20/h3-4,13-17H,5-12H2,1-2H3,(H,33,35)(H,30,31,32);2*9-10H,2-8,11-17H2,1H3,(H,19,20)/b;2*10-9-. The number of unbranched alkanes of at least 4 members (excludes halogenated alkanes) is 22. The number of allylic oxidation sites excluding steroid dienone is 4. The molecule has 3 aromatic rings. The van der Waals surface area contributed by atoms with Crippen molar-refractivity contribution in [2.75, 3.05) is 64.3 Å². The molecule has 0 aliphatic carbocycles. The van der Waals surface area contributed by atoms with E-state index >= 15 is 0 Å². The number of piperidine rings is 1. The van der Waals surface area contributed by atoms with Crippen LogP contribution in [-0.2, 0) is 23.9 Å². The number of likely N-dealkylation sites (tertiary alicyclic amines) is 1. The van der Waals surface area contributed by atoms with E-state index < -0.39 is 17.8 Å². The van der Waals surface area contributed by atoms with E-state index in [-0.39, 0.29) is 10.9 Å². The first-order valence-corrected chi connectivity index (χ1v) is 30.0. The number of carbonyl (C=O) groups is 3. The number of halogens is 2. The van der Waals surface area contributed by atoms with Crippen molar-refractivity contribution in [3.05, 3.63) is 83.5 Å². The molecule has 0 unspecified atom stereocenters. The van der Waals surface area contributed by atoms with Crippen LogP contribution in [0.4, 0.5) is 21.6 Å². The molecule has 0 bridgehead atoms. The zero-order valence-corrected chi connectivity index (χ0v) is 49.0. The summed E-state index contributed by atoms with van der Waals surface area (Å²) in [6.45, 7) is 8.57. The van der Waals surface area contributed by atoms with E-state index in [0.717, 1.165) is 63.7 Å². The van der Waals surface area contributed by atoms with Gasteiger partial charge in [0.15, 0.2) is 0 Å². The average Bonchev–Trinajstić information content (AvgIpc) is 3.42. The Kier molecular flexibility index (Phi) is 41.7. The van der Waals surface area contributed by atoms with Gasteiger partial charge in [-0.3, -0.25) is 14.4 Å². The predicted molar refractivity (Wildman–Crippen MR) is 320 cm³/mol. The molecule has 0 saturated carbocycles. The van der Waals surface area contributed by atoms with E-state index in [0.29, 0.717) is 66.5 Å². The first-order chi connectivity index (χ1) is 38.0. The maximum atomic E-state index is 13.6. The Balaban J connectivity index is 0.000000442. The lowest BCUT2D eigenvalue weighted by Gasteiger charge is -2.27. The summed E-state index contributed by atoms with van der Waals surface area (Å²) in [4.78, 5) is 44.7. The monoisotopic (exact) mass is 1110 g/mol. The molecule has 4 rings (SSSR count). The van der Waals surface area contributed by atoms with E-state index in [4.69, 9.17) is 36.0 Å². The summed E-state index contributed by atoms with van der Waals surface area (Å²) >= 11 is 5.94. The highest BCUT2D eigenvalue weighted by Crippen LogP contribution is 2.34. The first kappa shape index (κ1) is 69.2. The molecule has 15 heteroatoms. The van der Waals surface area contributed by atoms with Crippen LogP contribution in [0.2, 0.25) is 5.02 Å². The molecule has 438 valence electrons. The molecule has 13 nitrogen and oxygen atoms in total. The van der Waals surface area contributed by atoms with Gasteiger partial charge in [0.2, 0.25) is 5.91 Å². The van der Waals surface area contributed by atoms with Crippen molar-refractivity contribution in [2.24, 2.45) is 0 Å². The largest absolute Gasteiger partial charge is 0.489 e. The summed E-state index contributed by atoms with van der Waals surface area (Å²) in [7, 11) is 3.29. The van der Waals surface area contributed by atoms with Gasteiger partial charge < -0.3 is 40.0 Å². The summed E-state index contributed by atoms with van der Waals surface area (Å²) in [6, 6.07) is 7.81. The number of hydrogen-bond donors (Lipinski definition) is 4. The van der Waals surface area contributed by atoms with Crippen molar-refractivity contribution < 1.29 is 43.2 Å². The van der Waals surface area contributed by atoms with Gasteiger partial charge in [-0.1, -0.05) is 158 Å². The quantitative estimate of drug-likeness (QED) is 0.0241. The molecule has 1 saturated heterocycles. The van der Waals surface area contributed by atoms with Crippen LogP contribution in [0, 0.1) is 5.82 Å². The lowest BCUT2D eigenvalue weighted by molar-refractivity contribution is -0.138. The van der Waals surface area contributed by atoms with Crippen molar-refractivity contribution in [1.82, 2.24) is 14.9 Å². The molecular formula is C63H99ClFN5O8. The van der Waals surface area contributed by atoms with Crippen molar-refractivity contribution in [3.63, 3.8) is 0 Å². The van der Waals surface area contributed by atoms with Gasteiger partial charge >= 0.3 is 11.9 Å². The van der Waals surface area contributed by atoms with E-state index in [9.17, 15) is 18.8 Å². The lowest BCUT2D eigenvalue weighted by Crippen LogP contribution is -2.33. The Morgan fingerprint density at radius 3 is 1.64 bits per heavy atom. The number of carbonyl (C=O) groups excluding carboxylic acids is 1. The van der Waals surface area contributed by atoms with Crippen molar-refractivity contribution in [3.8, 4) is 5.75 Å². The maximum absolute atomic E-state index is 13.6. The Labute approximate surface area is 473 Å².